The van der Waals surface area contributed by atoms with Crippen LogP contribution >= 0.6 is 0 Å². The standard InChI is InChI=1S/C25H25FN4O5/c1-3-35-22-12-8-20(9-13-22)28-25(32)29(21-10-6-19(26)7-11-21)15-14-27-24(31)18-5-4-17(2)23(16-18)30(33)34/h4-13,16H,3,14-15H2,1-2H3,(H,27,31)(H,28,32). The Morgan fingerprint density at radius 3 is 2.37 bits per heavy atom. The van der Waals surface area contributed by atoms with E-state index in [0.29, 0.717) is 29.3 Å². The summed E-state index contributed by atoms with van der Waals surface area (Å²) in [7, 11) is 0. The lowest BCUT2D eigenvalue weighted by molar-refractivity contribution is -0.385. The molecule has 0 atom stereocenters. The van der Waals surface area contributed by atoms with Gasteiger partial charge in [0.2, 0.25) is 0 Å². The molecule has 9 nitrogen and oxygen atoms in total. The van der Waals surface area contributed by atoms with Gasteiger partial charge in [-0.2, -0.15) is 0 Å². The minimum atomic E-state index is -0.548. The van der Waals surface area contributed by atoms with Gasteiger partial charge in [0.1, 0.15) is 11.6 Å². The molecule has 0 fully saturated rings. The minimum absolute atomic E-state index is 0.0502. The van der Waals surface area contributed by atoms with Gasteiger partial charge < -0.3 is 15.4 Å². The molecule has 0 aromatic heterocycles. The number of carbonyl (C=O) groups excluding carboxylic acids is 2. The van der Waals surface area contributed by atoms with Gasteiger partial charge in [-0.25, -0.2) is 9.18 Å². The minimum Gasteiger partial charge on any atom is -0.494 e. The number of hydrogen-bond acceptors (Lipinski definition) is 5. The summed E-state index contributed by atoms with van der Waals surface area (Å²) >= 11 is 0. The highest BCUT2D eigenvalue weighted by Crippen LogP contribution is 2.20. The third kappa shape index (κ3) is 6.76. The Balaban J connectivity index is 1.70. The van der Waals surface area contributed by atoms with Crippen LogP contribution in [0.1, 0.15) is 22.8 Å². The fraction of sp³-hybridized carbons (Fsp3) is 0.200. The Morgan fingerprint density at radius 2 is 1.74 bits per heavy atom. The van der Waals surface area contributed by atoms with E-state index in [-0.39, 0.29) is 24.3 Å². The number of aryl methyl sites for hydroxylation is 1. The van der Waals surface area contributed by atoms with E-state index in [2.05, 4.69) is 10.6 Å². The first-order valence-electron chi connectivity index (χ1n) is 10.9. The highest BCUT2D eigenvalue weighted by Gasteiger charge is 2.18. The van der Waals surface area contributed by atoms with E-state index < -0.39 is 22.7 Å². The lowest BCUT2D eigenvalue weighted by Gasteiger charge is -2.23. The third-order valence-corrected chi connectivity index (χ3v) is 5.09. The summed E-state index contributed by atoms with van der Waals surface area (Å²) in [5.41, 5.74) is 1.38. The van der Waals surface area contributed by atoms with Crippen molar-refractivity contribution < 1.29 is 23.6 Å². The normalized spacial score (nSPS) is 10.4. The SMILES string of the molecule is CCOc1ccc(NC(=O)N(CCNC(=O)c2ccc(C)c([N+](=O)[O-])c2)c2ccc(F)cc2)cc1. The molecule has 0 saturated carbocycles. The maximum absolute atomic E-state index is 13.4. The summed E-state index contributed by atoms with van der Waals surface area (Å²) in [6, 6.07) is 15.9. The van der Waals surface area contributed by atoms with Crippen LogP contribution in [0, 0.1) is 22.9 Å². The smallest absolute Gasteiger partial charge is 0.326 e. The predicted octanol–water partition coefficient (Wildman–Crippen LogP) is 4.91. The van der Waals surface area contributed by atoms with Gasteiger partial charge in [0.15, 0.2) is 0 Å². The quantitative estimate of drug-likeness (QED) is 0.334. The molecule has 0 aliphatic heterocycles. The summed E-state index contributed by atoms with van der Waals surface area (Å²) in [6.07, 6.45) is 0. The molecule has 0 aliphatic rings. The van der Waals surface area contributed by atoms with Crippen molar-refractivity contribution in [3.63, 3.8) is 0 Å². The van der Waals surface area contributed by atoms with Gasteiger partial charge in [-0.3, -0.25) is 19.8 Å². The fourth-order valence-electron chi connectivity index (χ4n) is 3.29. The van der Waals surface area contributed by atoms with E-state index in [1.54, 1.807) is 31.2 Å². The van der Waals surface area contributed by atoms with Crippen molar-refractivity contribution in [1.82, 2.24) is 5.32 Å². The summed E-state index contributed by atoms with van der Waals surface area (Å²) in [4.78, 5) is 37.5. The molecule has 0 radical (unpaired) electrons. The predicted molar refractivity (Wildman–Crippen MR) is 131 cm³/mol. The number of hydrogen-bond donors (Lipinski definition) is 2. The highest BCUT2D eigenvalue weighted by atomic mass is 19.1. The second-order valence-electron chi connectivity index (χ2n) is 7.53. The summed E-state index contributed by atoms with van der Waals surface area (Å²) in [5, 5.41) is 16.6. The first-order chi connectivity index (χ1) is 16.8. The lowest BCUT2D eigenvalue weighted by atomic mass is 10.1. The number of carbonyl (C=O) groups is 2. The van der Waals surface area contributed by atoms with Crippen molar-refractivity contribution in [2.75, 3.05) is 29.9 Å². The van der Waals surface area contributed by atoms with Gasteiger partial charge in [0.25, 0.3) is 11.6 Å². The van der Waals surface area contributed by atoms with Crippen LogP contribution < -0.4 is 20.3 Å². The van der Waals surface area contributed by atoms with E-state index in [9.17, 15) is 24.1 Å². The second-order valence-corrected chi connectivity index (χ2v) is 7.53. The molecule has 0 bridgehead atoms. The fourth-order valence-corrected chi connectivity index (χ4v) is 3.29. The molecule has 3 aromatic rings. The van der Waals surface area contributed by atoms with Crippen molar-refractivity contribution in [3.05, 3.63) is 93.8 Å². The van der Waals surface area contributed by atoms with Crippen molar-refractivity contribution in [1.29, 1.82) is 0 Å². The molecule has 182 valence electrons. The van der Waals surface area contributed by atoms with E-state index >= 15 is 0 Å². The van der Waals surface area contributed by atoms with Gasteiger partial charge in [0.05, 0.1) is 11.5 Å². The zero-order chi connectivity index (χ0) is 25.4. The van der Waals surface area contributed by atoms with Gasteiger partial charge in [-0.1, -0.05) is 6.07 Å². The summed E-state index contributed by atoms with van der Waals surface area (Å²) in [6.45, 7) is 4.09. The van der Waals surface area contributed by atoms with E-state index in [1.165, 1.54) is 47.4 Å². The van der Waals surface area contributed by atoms with Crippen molar-refractivity contribution >= 4 is 29.0 Å². The molecule has 3 amide bonds. The van der Waals surface area contributed by atoms with Crippen LogP contribution in [0.25, 0.3) is 0 Å². The Kier molecular flexibility index (Phi) is 8.33. The maximum atomic E-state index is 13.4. The Hall–Kier alpha value is -4.47. The van der Waals surface area contributed by atoms with Crippen molar-refractivity contribution in [2.45, 2.75) is 13.8 Å². The molecule has 0 aliphatic carbocycles. The van der Waals surface area contributed by atoms with E-state index in [0.717, 1.165) is 0 Å². The molecule has 3 rings (SSSR count). The summed E-state index contributed by atoms with van der Waals surface area (Å²) < 4.78 is 18.8. The number of nitrogens with zero attached hydrogens (tertiary/aromatic N) is 2. The molecule has 0 unspecified atom stereocenters. The van der Waals surface area contributed by atoms with Gasteiger partial charge in [0, 0.05) is 41.7 Å². The topological polar surface area (TPSA) is 114 Å². The highest BCUT2D eigenvalue weighted by molar-refractivity contribution is 6.02. The van der Waals surface area contributed by atoms with Gasteiger partial charge in [-0.15, -0.1) is 0 Å². The van der Waals surface area contributed by atoms with Crippen LogP contribution in [-0.2, 0) is 0 Å². The number of nitro benzene ring substituents is 1. The number of nitro groups is 1. The number of amides is 3. The molecule has 0 spiro atoms. The number of benzene rings is 3. The second kappa shape index (κ2) is 11.6. The van der Waals surface area contributed by atoms with E-state index in [4.69, 9.17) is 4.74 Å². The molecular formula is C25H25FN4O5. The largest absolute Gasteiger partial charge is 0.494 e. The van der Waals surface area contributed by atoms with Crippen LogP contribution in [0.3, 0.4) is 0 Å². The van der Waals surface area contributed by atoms with Crippen molar-refractivity contribution in [2.24, 2.45) is 0 Å². The zero-order valence-electron chi connectivity index (χ0n) is 19.3. The third-order valence-electron chi connectivity index (χ3n) is 5.09. The number of anilines is 2. The molecule has 35 heavy (non-hydrogen) atoms. The first-order valence-corrected chi connectivity index (χ1v) is 10.9. The molecule has 0 heterocycles. The van der Waals surface area contributed by atoms with Crippen molar-refractivity contribution in [3.8, 4) is 5.75 Å². The van der Waals surface area contributed by atoms with Crippen LogP contribution in [0.15, 0.2) is 66.7 Å². The number of nitrogens with one attached hydrogen (secondary N) is 2. The number of urea groups is 1. The average Bonchev–Trinajstić information content (AvgIpc) is 2.84. The summed E-state index contributed by atoms with van der Waals surface area (Å²) in [5.74, 6) is -0.297. The van der Waals surface area contributed by atoms with Crippen LogP contribution in [0.4, 0.5) is 26.2 Å². The first kappa shape index (κ1) is 25.2. The molecular weight excluding hydrogens is 455 g/mol. The number of rotatable bonds is 9. The molecule has 2 N–H and O–H groups in total. The molecule has 0 saturated heterocycles. The Morgan fingerprint density at radius 1 is 1.06 bits per heavy atom. The maximum Gasteiger partial charge on any atom is 0.326 e. The number of halogens is 1. The zero-order valence-corrected chi connectivity index (χ0v) is 19.3. The monoisotopic (exact) mass is 480 g/mol. The Labute approximate surface area is 201 Å². The van der Waals surface area contributed by atoms with Gasteiger partial charge >= 0.3 is 6.03 Å². The average molecular weight is 480 g/mol. The van der Waals surface area contributed by atoms with E-state index in [1.807, 2.05) is 6.92 Å². The lowest BCUT2D eigenvalue weighted by Crippen LogP contribution is -2.41. The Bertz CT molecular complexity index is 1200. The van der Waals surface area contributed by atoms with Crippen LogP contribution in [-0.4, -0.2) is 36.6 Å². The van der Waals surface area contributed by atoms with Crippen LogP contribution in [0.2, 0.25) is 0 Å². The molecule has 10 heteroatoms. The number of ether oxygens (including phenoxy) is 1. The van der Waals surface area contributed by atoms with Gasteiger partial charge in [-0.05, 0) is 68.4 Å². The van der Waals surface area contributed by atoms with Crippen LogP contribution in [0.5, 0.6) is 5.75 Å². The molecule has 3 aromatic carbocycles.